The lowest BCUT2D eigenvalue weighted by atomic mass is 9.75. The second-order valence-electron chi connectivity index (χ2n) is 3.82. The van der Waals surface area contributed by atoms with Gasteiger partial charge in [-0.3, -0.25) is 0 Å². The van der Waals surface area contributed by atoms with Gasteiger partial charge in [-0.2, -0.15) is 0 Å². The summed E-state index contributed by atoms with van der Waals surface area (Å²) in [5, 5.41) is 0. The highest BCUT2D eigenvalue weighted by atomic mass is 14.5. The number of rotatable bonds is 3. The van der Waals surface area contributed by atoms with Crippen molar-refractivity contribution in [2.75, 3.05) is 6.54 Å². The summed E-state index contributed by atoms with van der Waals surface area (Å²) in [6.07, 6.45) is 9.35. The van der Waals surface area contributed by atoms with Gasteiger partial charge in [0, 0.05) is 6.54 Å². The lowest BCUT2D eigenvalue weighted by molar-refractivity contribution is 0.251. The van der Waals surface area contributed by atoms with E-state index in [-0.39, 0.29) is 0 Å². The van der Waals surface area contributed by atoms with Crippen molar-refractivity contribution in [3.8, 4) is 0 Å². The van der Waals surface area contributed by atoms with Crippen molar-refractivity contribution in [3.05, 3.63) is 23.8 Å². The van der Waals surface area contributed by atoms with E-state index in [9.17, 15) is 0 Å². The van der Waals surface area contributed by atoms with Gasteiger partial charge in [0.1, 0.15) is 0 Å². The number of allylic oxidation sites excluding steroid dienone is 3. The van der Waals surface area contributed by atoms with Crippen LogP contribution in [0.1, 0.15) is 26.7 Å². The van der Waals surface area contributed by atoms with Crippen LogP contribution < -0.4 is 5.73 Å². The van der Waals surface area contributed by atoms with Gasteiger partial charge >= 0.3 is 0 Å². The van der Waals surface area contributed by atoms with E-state index in [1.165, 1.54) is 18.4 Å². The highest BCUT2D eigenvalue weighted by Crippen LogP contribution is 2.34. The van der Waals surface area contributed by atoms with E-state index in [4.69, 9.17) is 5.73 Å². The Bertz CT molecular complexity index is 191. The molecule has 2 atom stereocenters. The van der Waals surface area contributed by atoms with Crippen LogP contribution in [0.5, 0.6) is 0 Å². The minimum atomic E-state index is 0.671. The zero-order chi connectivity index (χ0) is 8.97. The Hall–Kier alpha value is -0.560. The smallest absolute Gasteiger partial charge is 0.0137 e. The molecular formula is C11H19N. The molecule has 0 saturated heterocycles. The number of nitrogens with two attached hydrogens (primary N) is 1. The van der Waals surface area contributed by atoms with Crippen LogP contribution in [0.4, 0.5) is 0 Å². The van der Waals surface area contributed by atoms with Crippen molar-refractivity contribution in [1.82, 2.24) is 0 Å². The Morgan fingerprint density at radius 2 is 2.25 bits per heavy atom. The second-order valence-corrected chi connectivity index (χ2v) is 3.82. The maximum absolute atomic E-state index is 5.46. The summed E-state index contributed by atoms with van der Waals surface area (Å²) in [7, 11) is 0. The molecule has 1 aliphatic rings. The topological polar surface area (TPSA) is 26.0 Å². The lowest BCUT2D eigenvalue weighted by Gasteiger charge is -2.30. The Kier molecular flexibility index (Phi) is 3.54. The molecule has 1 aliphatic carbocycles. The summed E-state index contributed by atoms with van der Waals surface area (Å²) in [5.74, 6) is 1.72. The quantitative estimate of drug-likeness (QED) is 0.639. The third-order valence-corrected chi connectivity index (χ3v) is 2.75. The first-order valence-corrected chi connectivity index (χ1v) is 4.78. The van der Waals surface area contributed by atoms with Gasteiger partial charge in [0.15, 0.2) is 0 Å². The van der Waals surface area contributed by atoms with Crippen LogP contribution in [0.25, 0.3) is 0 Å². The van der Waals surface area contributed by atoms with Gasteiger partial charge in [-0.05, 0) is 31.6 Å². The molecule has 1 fully saturated rings. The van der Waals surface area contributed by atoms with Gasteiger partial charge in [-0.25, -0.2) is 0 Å². The predicted molar refractivity (Wildman–Crippen MR) is 53.8 cm³/mol. The molecule has 1 saturated carbocycles. The first kappa shape index (κ1) is 9.53. The average Bonchev–Trinajstić information content (AvgIpc) is 2.09. The standard InChI is InChI=1S/C11H19N/c1-9(8-12)4-3-5-11-7-6-10(11)2/h3-5,10-11H,6-8,12H2,1-2H3/b5-3-,9-4+. The Balaban J connectivity index is 2.30. The molecule has 1 nitrogen and oxygen atoms in total. The Labute approximate surface area is 75.3 Å². The van der Waals surface area contributed by atoms with E-state index in [0.717, 1.165) is 11.8 Å². The average molecular weight is 165 g/mol. The van der Waals surface area contributed by atoms with Crippen LogP contribution in [0.2, 0.25) is 0 Å². The molecule has 12 heavy (non-hydrogen) atoms. The molecule has 0 heterocycles. The fraction of sp³-hybridized carbons (Fsp3) is 0.636. The molecule has 1 heteroatoms. The van der Waals surface area contributed by atoms with Gasteiger partial charge < -0.3 is 5.73 Å². The van der Waals surface area contributed by atoms with E-state index in [0.29, 0.717) is 6.54 Å². The molecule has 0 spiro atoms. The minimum Gasteiger partial charge on any atom is -0.327 e. The van der Waals surface area contributed by atoms with Crippen LogP contribution >= 0.6 is 0 Å². The molecule has 68 valence electrons. The molecule has 0 aromatic rings. The van der Waals surface area contributed by atoms with Crippen LogP contribution in [0, 0.1) is 11.8 Å². The van der Waals surface area contributed by atoms with Crippen molar-refractivity contribution < 1.29 is 0 Å². The van der Waals surface area contributed by atoms with E-state index < -0.39 is 0 Å². The van der Waals surface area contributed by atoms with Crippen LogP contribution in [-0.2, 0) is 0 Å². The molecule has 0 aromatic carbocycles. The summed E-state index contributed by atoms with van der Waals surface area (Å²) in [4.78, 5) is 0. The Morgan fingerprint density at radius 3 is 2.67 bits per heavy atom. The zero-order valence-corrected chi connectivity index (χ0v) is 8.09. The van der Waals surface area contributed by atoms with Gasteiger partial charge in [0.25, 0.3) is 0 Å². The summed E-state index contributed by atoms with van der Waals surface area (Å²) in [6, 6.07) is 0. The molecule has 0 bridgehead atoms. The summed E-state index contributed by atoms with van der Waals surface area (Å²) >= 11 is 0. The monoisotopic (exact) mass is 165 g/mol. The third-order valence-electron chi connectivity index (χ3n) is 2.75. The first-order valence-electron chi connectivity index (χ1n) is 4.78. The molecule has 0 amide bonds. The van der Waals surface area contributed by atoms with Crippen molar-refractivity contribution in [2.45, 2.75) is 26.7 Å². The van der Waals surface area contributed by atoms with E-state index in [1.807, 2.05) is 0 Å². The van der Waals surface area contributed by atoms with Crippen molar-refractivity contribution >= 4 is 0 Å². The SMILES string of the molecule is C/C(=C\C=C/C1CCC1C)CN. The van der Waals surface area contributed by atoms with Crippen LogP contribution in [-0.4, -0.2) is 6.54 Å². The second kappa shape index (κ2) is 4.46. The highest BCUT2D eigenvalue weighted by molar-refractivity contribution is 5.13. The molecule has 2 unspecified atom stereocenters. The Morgan fingerprint density at radius 1 is 1.50 bits per heavy atom. The van der Waals surface area contributed by atoms with E-state index in [1.54, 1.807) is 0 Å². The molecular weight excluding hydrogens is 146 g/mol. The predicted octanol–water partition coefficient (Wildman–Crippen LogP) is 2.49. The molecule has 0 aromatic heterocycles. The van der Waals surface area contributed by atoms with E-state index in [2.05, 4.69) is 32.1 Å². The summed E-state index contributed by atoms with van der Waals surface area (Å²) in [6.45, 7) is 5.05. The fourth-order valence-corrected chi connectivity index (χ4v) is 1.41. The normalized spacial score (nSPS) is 30.8. The maximum Gasteiger partial charge on any atom is 0.0137 e. The molecule has 2 N–H and O–H groups in total. The molecule has 1 rings (SSSR count). The lowest BCUT2D eigenvalue weighted by Crippen LogP contribution is -2.20. The number of hydrogen-bond donors (Lipinski definition) is 1. The summed E-state index contributed by atoms with van der Waals surface area (Å²) in [5.41, 5.74) is 6.71. The third kappa shape index (κ3) is 2.49. The van der Waals surface area contributed by atoms with Crippen LogP contribution in [0.15, 0.2) is 23.8 Å². The maximum atomic E-state index is 5.46. The van der Waals surface area contributed by atoms with Gasteiger partial charge in [-0.1, -0.05) is 30.7 Å². The van der Waals surface area contributed by atoms with Gasteiger partial charge in [0.2, 0.25) is 0 Å². The molecule has 0 radical (unpaired) electrons. The van der Waals surface area contributed by atoms with Crippen LogP contribution in [0.3, 0.4) is 0 Å². The van der Waals surface area contributed by atoms with Crippen molar-refractivity contribution in [3.63, 3.8) is 0 Å². The van der Waals surface area contributed by atoms with Gasteiger partial charge in [-0.15, -0.1) is 0 Å². The largest absolute Gasteiger partial charge is 0.327 e. The van der Waals surface area contributed by atoms with E-state index >= 15 is 0 Å². The van der Waals surface area contributed by atoms with Crippen molar-refractivity contribution in [2.24, 2.45) is 17.6 Å². The number of hydrogen-bond acceptors (Lipinski definition) is 1. The van der Waals surface area contributed by atoms with Gasteiger partial charge in [0.05, 0.1) is 0 Å². The zero-order valence-electron chi connectivity index (χ0n) is 8.09. The van der Waals surface area contributed by atoms with Crippen molar-refractivity contribution in [1.29, 1.82) is 0 Å². The first-order chi connectivity index (χ1) is 5.74. The minimum absolute atomic E-state index is 0.671. The fourth-order valence-electron chi connectivity index (χ4n) is 1.41. The summed E-state index contributed by atoms with van der Waals surface area (Å²) < 4.78 is 0. The highest BCUT2D eigenvalue weighted by Gasteiger charge is 2.23. The molecule has 0 aliphatic heterocycles.